The third kappa shape index (κ3) is 3.92. The third-order valence-electron chi connectivity index (χ3n) is 8.77. The van der Waals surface area contributed by atoms with E-state index in [2.05, 4.69) is 24.7 Å². The van der Waals surface area contributed by atoms with E-state index in [1.165, 1.54) is 5.57 Å². The molecule has 0 heterocycles. The van der Waals surface area contributed by atoms with Crippen molar-refractivity contribution in [2.75, 3.05) is 0 Å². The molecule has 6 atom stereocenters. The standard InChI is InChI=1S/C24H32O7/c1-22-11-9-15(25)13-14(22)3-4-16-17-5-6-19(23(17,2)12-10-18(16)22)20(26)7-8-21(27)31-24(28,29)30/h9,11,13,16-19,28-30H,3-8,10,12H2,1-2H3/t16-,17-,18-,19+,22-,23-/m0/s1. The molecule has 4 rings (SSSR count). The van der Waals surface area contributed by atoms with Crippen molar-refractivity contribution in [3.8, 4) is 0 Å². The van der Waals surface area contributed by atoms with Gasteiger partial charge in [-0.2, -0.15) is 0 Å². The van der Waals surface area contributed by atoms with E-state index in [0.29, 0.717) is 17.8 Å². The maximum Gasteiger partial charge on any atom is 0.455 e. The summed E-state index contributed by atoms with van der Waals surface area (Å²) in [7, 11) is 0. The molecule has 0 radical (unpaired) electrons. The minimum absolute atomic E-state index is 0.00517. The van der Waals surface area contributed by atoms with E-state index < -0.39 is 12.1 Å². The Kier molecular flexibility index (Phi) is 5.51. The zero-order valence-electron chi connectivity index (χ0n) is 18.2. The summed E-state index contributed by atoms with van der Waals surface area (Å²) in [6.07, 6.45) is 7.52. The summed E-state index contributed by atoms with van der Waals surface area (Å²) in [4.78, 5) is 36.5. The quantitative estimate of drug-likeness (QED) is 0.450. The molecule has 3 saturated carbocycles. The van der Waals surface area contributed by atoms with E-state index in [1.807, 2.05) is 6.08 Å². The van der Waals surface area contributed by atoms with Gasteiger partial charge in [0, 0.05) is 17.8 Å². The molecule has 0 bridgehead atoms. The highest BCUT2D eigenvalue weighted by molar-refractivity contribution is 6.01. The lowest BCUT2D eigenvalue weighted by atomic mass is 9.47. The van der Waals surface area contributed by atoms with Crippen molar-refractivity contribution in [3.05, 3.63) is 23.8 Å². The molecular formula is C24H32O7. The third-order valence-corrected chi connectivity index (χ3v) is 8.77. The fourth-order valence-electron chi connectivity index (χ4n) is 7.33. The molecule has 0 aromatic heterocycles. The monoisotopic (exact) mass is 432 g/mol. The van der Waals surface area contributed by atoms with E-state index in [0.717, 1.165) is 38.5 Å². The van der Waals surface area contributed by atoms with E-state index in [-0.39, 0.29) is 41.2 Å². The molecule has 0 spiro atoms. The molecule has 31 heavy (non-hydrogen) atoms. The van der Waals surface area contributed by atoms with Crippen LogP contribution >= 0.6 is 0 Å². The zero-order valence-corrected chi connectivity index (χ0v) is 18.2. The number of ketones is 2. The Hall–Kier alpha value is -1.83. The Morgan fingerprint density at radius 1 is 1.10 bits per heavy atom. The van der Waals surface area contributed by atoms with Crippen LogP contribution in [-0.4, -0.2) is 39.0 Å². The Bertz CT molecular complexity index is 850. The number of carbonyl (C=O) groups excluding carboxylic acids is 3. The molecule has 7 nitrogen and oxygen atoms in total. The van der Waals surface area contributed by atoms with Crippen LogP contribution < -0.4 is 0 Å². The van der Waals surface area contributed by atoms with Gasteiger partial charge in [-0.15, -0.1) is 0 Å². The topological polar surface area (TPSA) is 121 Å². The van der Waals surface area contributed by atoms with E-state index in [9.17, 15) is 14.4 Å². The van der Waals surface area contributed by atoms with Gasteiger partial charge in [-0.05, 0) is 73.8 Å². The summed E-state index contributed by atoms with van der Waals surface area (Å²) < 4.78 is 4.06. The second-order valence-corrected chi connectivity index (χ2v) is 10.3. The van der Waals surface area contributed by atoms with E-state index in [4.69, 9.17) is 15.3 Å². The first kappa shape index (κ1) is 22.4. The molecule has 4 aliphatic rings. The largest absolute Gasteiger partial charge is 0.455 e. The van der Waals surface area contributed by atoms with Crippen LogP contribution in [0.2, 0.25) is 0 Å². The second kappa shape index (κ2) is 7.64. The van der Waals surface area contributed by atoms with Crippen molar-refractivity contribution < 1.29 is 34.4 Å². The summed E-state index contributed by atoms with van der Waals surface area (Å²) in [6.45, 7) is 4.48. The molecule has 0 amide bonds. The number of hydrogen-bond donors (Lipinski definition) is 3. The highest BCUT2D eigenvalue weighted by atomic mass is 16.9. The first-order valence-electron chi connectivity index (χ1n) is 11.3. The fourth-order valence-corrected chi connectivity index (χ4v) is 7.33. The lowest BCUT2D eigenvalue weighted by molar-refractivity contribution is -0.435. The highest BCUT2D eigenvalue weighted by Gasteiger charge is 2.59. The first-order valence-corrected chi connectivity index (χ1v) is 11.3. The number of allylic oxidation sites excluding steroid dienone is 4. The van der Waals surface area contributed by atoms with Crippen LogP contribution in [0, 0.1) is 34.5 Å². The van der Waals surface area contributed by atoms with Crippen molar-refractivity contribution in [1.82, 2.24) is 0 Å². The van der Waals surface area contributed by atoms with Gasteiger partial charge in [0.2, 0.25) is 0 Å². The average molecular weight is 433 g/mol. The molecule has 0 saturated heterocycles. The number of rotatable bonds is 5. The van der Waals surface area contributed by atoms with Gasteiger partial charge >= 0.3 is 12.1 Å². The van der Waals surface area contributed by atoms with Gasteiger partial charge in [-0.1, -0.05) is 25.5 Å². The van der Waals surface area contributed by atoms with Crippen LogP contribution in [0.5, 0.6) is 0 Å². The molecule has 3 fully saturated rings. The Morgan fingerprint density at radius 3 is 2.55 bits per heavy atom. The molecule has 0 aliphatic heterocycles. The van der Waals surface area contributed by atoms with Crippen molar-refractivity contribution in [1.29, 1.82) is 0 Å². The molecule has 4 aliphatic carbocycles. The average Bonchev–Trinajstić information content (AvgIpc) is 3.02. The molecule has 0 unspecified atom stereocenters. The van der Waals surface area contributed by atoms with Crippen molar-refractivity contribution in [3.63, 3.8) is 0 Å². The van der Waals surface area contributed by atoms with Crippen molar-refractivity contribution in [2.24, 2.45) is 34.5 Å². The van der Waals surface area contributed by atoms with Crippen LogP contribution in [0.25, 0.3) is 0 Å². The minimum atomic E-state index is -3.51. The summed E-state index contributed by atoms with van der Waals surface area (Å²) >= 11 is 0. The van der Waals surface area contributed by atoms with Crippen LogP contribution in [0.15, 0.2) is 23.8 Å². The summed E-state index contributed by atoms with van der Waals surface area (Å²) in [5.41, 5.74) is 1.07. The SMILES string of the molecule is C[C@]12CC[C@H]3[C@@H](CCC4=CC(=O)C=C[C@@]43C)[C@@H]1CC[C@@H]2C(=O)CCC(=O)OC(O)(O)O. The van der Waals surface area contributed by atoms with Crippen LogP contribution in [0.1, 0.15) is 65.2 Å². The smallest absolute Gasteiger partial charge is 0.384 e. The number of esters is 1. The molecule has 0 aromatic rings. The van der Waals surface area contributed by atoms with Gasteiger partial charge in [-0.3, -0.25) is 14.4 Å². The number of fused-ring (bicyclic) bond motifs is 5. The maximum absolute atomic E-state index is 13.0. The number of aliphatic hydroxyl groups is 3. The summed E-state index contributed by atoms with van der Waals surface area (Å²) in [6, 6.07) is 0. The van der Waals surface area contributed by atoms with Crippen LogP contribution in [-0.2, 0) is 19.1 Å². The fraction of sp³-hybridized carbons (Fsp3) is 0.708. The summed E-state index contributed by atoms with van der Waals surface area (Å²) in [5.74, 6) is 0.370. The highest BCUT2D eigenvalue weighted by Crippen LogP contribution is 2.66. The lowest BCUT2D eigenvalue weighted by Gasteiger charge is -2.57. The number of carbonyl (C=O) groups is 3. The predicted octanol–water partition coefficient (Wildman–Crippen LogP) is 2.39. The van der Waals surface area contributed by atoms with E-state index in [1.54, 1.807) is 6.08 Å². The zero-order chi connectivity index (χ0) is 22.6. The first-order chi connectivity index (χ1) is 14.4. The lowest BCUT2D eigenvalue weighted by Crippen LogP contribution is -2.50. The number of ether oxygens (including phenoxy) is 1. The van der Waals surface area contributed by atoms with Crippen molar-refractivity contribution in [2.45, 2.75) is 71.4 Å². The van der Waals surface area contributed by atoms with Gasteiger partial charge in [0.05, 0.1) is 6.42 Å². The maximum atomic E-state index is 13.0. The van der Waals surface area contributed by atoms with Gasteiger partial charge in [0.25, 0.3) is 0 Å². The predicted molar refractivity (Wildman–Crippen MR) is 110 cm³/mol. The Balaban J connectivity index is 1.45. The molecule has 7 heteroatoms. The van der Waals surface area contributed by atoms with Gasteiger partial charge in [-0.25, -0.2) is 0 Å². The van der Waals surface area contributed by atoms with Crippen LogP contribution in [0.4, 0.5) is 0 Å². The molecular weight excluding hydrogens is 400 g/mol. The second-order valence-electron chi connectivity index (χ2n) is 10.3. The normalized spacial score (nSPS) is 39.3. The van der Waals surface area contributed by atoms with E-state index >= 15 is 0 Å². The molecule has 3 N–H and O–H groups in total. The van der Waals surface area contributed by atoms with Gasteiger partial charge in [0.15, 0.2) is 5.78 Å². The molecule has 0 aromatic carbocycles. The minimum Gasteiger partial charge on any atom is -0.384 e. The molecule has 170 valence electrons. The van der Waals surface area contributed by atoms with Gasteiger partial charge < -0.3 is 20.1 Å². The summed E-state index contributed by atoms with van der Waals surface area (Å²) in [5, 5.41) is 26.2. The van der Waals surface area contributed by atoms with Crippen LogP contribution in [0.3, 0.4) is 0 Å². The Labute approximate surface area is 182 Å². The van der Waals surface area contributed by atoms with Gasteiger partial charge in [0.1, 0.15) is 5.78 Å². The Morgan fingerprint density at radius 2 is 1.84 bits per heavy atom. The number of hydrogen-bond acceptors (Lipinski definition) is 7. The van der Waals surface area contributed by atoms with Crippen molar-refractivity contribution >= 4 is 17.5 Å². The number of Topliss-reactive ketones (excluding diaryl/α,β-unsaturated/α-hetero) is 1.